The van der Waals surface area contributed by atoms with E-state index in [4.69, 9.17) is 16.6 Å². The van der Waals surface area contributed by atoms with E-state index in [0.717, 1.165) is 16.8 Å². The first-order valence-electron chi connectivity index (χ1n) is 7.03. The first-order chi connectivity index (χ1) is 12.0. The summed E-state index contributed by atoms with van der Waals surface area (Å²) >= 11 is 6.12. The Balaban J connectivity index is 1.75. The van der Waals surface area contributed by atoms with Crippen LogP contribution in [0.3, 0.4) is 0 Å². The maximum atomic E-state index is 12.4. The van der Waals surface area contributed by atoms with Crippen LogP contribution in [0.15, 0.2) is 75.1 Å². The van der Waals surface area contributed by atoms with Crippen LogP contribution in [0.1, 0.15) is 5.76 Å². The van der Waals surface area contributed by atoms with Crippen molar-refractivity contribution in [3.8, 4) is 0 Å². The molecule has 2 heterocycles. The molecule has 1 saturated heterocycles. The second-order valence-corrected chi connectivity index (χ2v) is 8.16. The predicted octanol–water partition coefficient (Wildman–Crippen LogP) is 2.93. The molecule has 25 heavy (non-hydrogen) atoms. The second-order valence-electron chi connectivity index (χ2n) is 4.82. The minimum atomic E-state index is -3.89. The summed E-state index contributed by atoms with van der Waals surface area (Å²) in [7, 11) is -3.89. The number of hydrogen-bond donors (Lipinski definition) is 1. The van der Waals surface area contributed by atoms with Crippen LogP contribution in [-0.2, 0) is 14.8 Å². The third kappa shape index (κ3) is 4.07. The number of furan rings is 1. The lowest BCUT2D eigenvalue weighted by atomic mass is 10.3. The molecule has 3 rings (SSSR count). The van der Waals surface area contributed by atoms with Crippen LogP contribution < -0.4 is 4.83 Å². The summed E-state index contributed by atoms with van der Waals surface area (Å²) in [6.45, 7) is 0. The fourth-order valence-corrected chi connectivity index (χ4v) is 4.23. The standard InChI is InChI=1S/C16H12N2O4S3/c19-15-14(10-4-6-12-7-5-11-22-12)24-16(23)18(15)17-25(20,21)13-8-2-1-3-9-13/h1-11,17H. The lowest BCUT2D eigenvalue weighted by molar-refractivity contribution is -0.123. The first-order valence-corrected chi connectivity index (χ1v) is 9.74. The summed E-state index contributed by atoms with van der Waals surface area (Å²) in [6.07, 6.45) is 6.41. The van der Waals surface area contributed by atoms with E-state index in [-0.39, 0.29) is 9.22 Å². The van der Waals surface area contributed by atoms with Gasteiger partial charge in [0.1, 0.15) is 5.76 Å². The zero-order valence-electron chi connectivity index (χ0n) is 12.7. The highest BCUT2D eigenvalue weighted by Crippen LogP contribution is 2.30. The zero-order valence-corrected chi connectivity index (χ0v) is 15.1. The summed E-state index contributed by atoms with van der Waals surface area (Å²) in [5.74, 6) is 0.107. The van der Waals surface area contributed by atoms with Crippen LogP contribution in [0.4, 0.5) is 0 Å². The Hall–Kier alpha value is -2.20. The van der Waals surface area contributed by atoms with Crippen molar-refractivity contribution in [3.05, 3.63) is 71.5 Å². The first kappa shape index (κ1) is 17.6. The molecule has 6 nitrogen and oxygen atoms in total. The van der Waals surface area contributed by atoms with Gasteiger partial charge in [0, 0.05) is 0 Å². The monoisotopic (exact) mass is 392 g/mol. The maximum absolute atomic E-state index is 12.4. The van der Waals surface area contributed by atoms with Gasteiger partial charge in [0.05, 0.1) is 16.1 Å². The van der Waals surface area contributed by atoms with E-state index < -0.39 is 15.9 Å². The number of hydrazine groups is 1. The van der Waals surface area contributed by atoms with Crippen LogP contribution in [0.25, 0.3) is 6.08 Å². The van der Waals surface area contributed by atoms with E-state index in [0.29, 0.717) is 10.7 Å². The number of rotatable bonds is 5. The second kappa shape index (κ2) is 7.36. The molecule has 0 aliphatic carbocycles. The third-order valence-corrected chi connectivity index (χ3v) is 5.75. The smallest absolute Gasteiger partial charge is 0.281 e. The summed E-state index contributed by atoms with van der Waals surface area (Å²) in [5.41, 5.74) is 0. The average molecular weight is 392 g/mol. The van der Waals surface area contributed by atoms with Crippen molar-refractivity contribution in [2.75, 3.05) is 0 Å². The van der Waals surface area contributed by atoms with E-state index >= 15 is 0 Å². The van der Waals surface area contributed by atoms with E-state index in [9.17, 15) is 13.2 Å². The van der Waals surface area contributed by atoms with E-state index in [1.54, 1.807) is 48.6 Å². The van der Waals surface area contributed by atoms with Gasteiger partial charge in [-0.25, -0.2) is 13.4 Å². The SMILES string of the molecule is O=C1C(=CC=Cc2ccco2)SC(=S)N1NS(=O)(=O)c1ccccc1. The molecule has 1 fully saturated rings. The van der Waals surface area contributed by atoms with Crippen LogP contribution in [0.5, 0.6) is 0 Å². The molecule has 0 radical (unpaired) electrons. The average Bonchev–Trinajstić information content (AvgIpc) is 3.20. The molecule has 1 aromatic carbocycles. The van der Waals surface area contributed by atoms with Gasteiger partial charge in [0.25, 0.3) is 15.9 Å². The molecular formula is C16H12N2O4S3. The maximum Gasteiger partial charge on any atom is 0.281 e. The van der Waals surface area contributed by atoms with Crippen molar-refractivity contribution < 1.29 is 17.6 Å². The molecule has 128 valence electrons. The highest BCUT2D eigenvalue weighted by atomic mass is 32.2. The number of allylic oxidation sites excluding steroid dienone is 2. The molecule has 1 aromatic heterocycles. The lowest BCUT2D eigenvalue weighted by Crippen LogP contribution is -2.44. The quantitative estimate of drug-likeness (QED) is 0.623. The normalized spacial score (nSPS) is 17.1. The lowest BCUT2D eigenvalue weighted by Gasteiger charge is -2.15. The van der Waals surface area contributed by atoms with Gasteiger partial charge in [0.15, 0.2) is 4.32 Å². The van der Waals surface area contributed by atoms with Crippen LogP contribution >= 0.6 is 24.0 Å². The molecule has 0 spiro atoms. The number of nitrogens with zero attached hydrogens (tertiary/aromatic N) is 1. The largest absolute Gasteiger partial charge is 0.465 e. The molecule has 1 aliphatic rings. The summed E-state index contributed by atoms with van der Waals surface area (Å²) in [4.78, 5) is 15.0. The molecule has 9 heteroatoms. The zero-order chi connectivity index (χ0) is 17.9. The number of carbonyl (C=O) groups is 1. The Labute approximate surface area is 154 Å². The Bertz CT molecular complexity index is 949. The Morgan fingerprint density at radius 3 is 2.60 bits per heavy atom. The van der Waals surface area contributed by atoms with Gasteiger partial charge >= 0.3 is 0 Å². The molecular weight excluding hydrogens is 380 g/mol. The molecule has 1 amide bonds. The molecule has 0 unspecified atom stereocenters. The number of hydrogen-bond acceptors (Lipinski definition) is 6. The Kier molecular flexibility index (Phi) is 5.19. The van der Waals surface area contributed by atoms with Crippen LogP contribution in [0.2, 0.25) is 0 Å². The number of nitrogens with one attached hydrogen (secondary N) is 1. The van der Waals surface area contributed by atoms with Gasteiger partial charge in [0.2, 0.25) is 0 Å². The Morgan fingerprint density at radius 2 is 1.92 bits per heavy atom. The fraction of sp³-hybridized carbons (Fsp3) is 0. The molecule has 2 aromatic rings. The van der Waals surface area contributed by atoms with E-state index in [2.05, 4.69) is 4.83 Å². The predicted molar refractivity (Wildman–Crippen MR) is 99.6 cm³/mol. The molecule has 0 saturated carbocycles. The van der Waals surface area contributed by atoms with Gasteiger partial charge < -0.3 is 4.42 Å². The van der Waals surface area contributed by atoms with E-state index in [1.807, 2.05) is 0 Å². The van der Waals surface area contributed by atoms with Gasteiger partial charge in [-0.05, 0) is 36.4 Å². The van der Waals surface area contributed by atoms with Crippen LogP contribution in [-0.4, -0.2) is 23.7 Å². The highest BCUT2D eigenvalue weighted by molar-refractivity contribution is 8.26. The summed E-state index contributed by atoms with van der Waals surface area (Å²) in [5, 5.41) is 0.856. The number of sulfonamides is 1. The number of thiocarbonyl (C=S) groups is 1. The van der Waals surface area contributed by atoms with Gasteiger partial charge in [-0.1, -0.05) is 48.3 Å². The number of carbonyl (C=O) groups excluding carboxylic acids is 1. The number of thioether (sulfide) groups is 1. The van der Waals surface area contributed by atoms with Gasteiger partial charge in [-0.2, -0.15) is 0 Å². The van der Waals surface area contributed by atoms with Crippen molar-refractivity contribution in [2.45, 2.75) is 4.90 Å². The van der Waals surface area contributed by atoms with Crippen molar-refractivity contribution in [1.82, 2.24) is 9.84 Å². The Morgan fingerprint density at radius 1 is 1.16 bits per heavy atom. The number of benzene rings is 1. The van der Waals surface area contributed by atoms with Crippen molar-refractivity contribution >= 4 is 50.3 Å². The number of amides is 1. The fourth-order valence-electron chi connectivity index (χ4n) is 1.95. The van der Waals surface area contributed by atoms with Crippen molar-refractivity contribution in [1.29, 1.82) is 0 Å². The minimum Gasteiger partial charge on any atom is -0.465 e. The molecule has 1 aliphatic heterocycles. The van der Waals surface area contributed by atoms with E-state index in [1.165, 1.54) is 18.4 Å². The summed E-state index contributed by atoms with van der Waals surface area (Å²) in [6, 6.07) is 11.3. The highest BCUT2D eigenvalue weighted by Gasteiger charge is 2.35. The van der Waals surface area contributed by atoms with Gasteiger partial charge in [-0.3, -0.25) is 4.79 Å². The van der Waals surface area contributed by atoms with Crippen LogP contribution in [0, 0.1) is 0 Å². The van der Waals surface area contributed by atoms with Crippen molar-refractivity contribution in [2.24, 2.45) is 0 Å². The summed E-state index contributed by atoms with van der Waals surface area (Å²) < 4.78 is 29.9. The molecule has 0 atom stereocenters. The third-order valence-electron chi connectivity index (χ3n) is 3.11. The van der Waals surface area contributed by atoms with Crippen molar-refractivity contribution in [3.63, 3.8) is 0 Å². The van der Waals surface area contributed by atoms with Gasteiger partial charge in [-0.15, -0.1) is 4.83 Å². The molecule has 1 N–H and O–H groups in total. The molecule has 0 bridgehead atoms. The topological polar surface area (TPSA) is 79.6 Å². The minimum absolute atomic E-state index is 0.0470.